The van der Waals surface area contributed by atoms with E-state index in [1.54, 1.807) is 24.5 Å². The first-order chi connectivity index (χ1) is 28.7. The van der Waals surface area contributed by atoms with Gasteiger partial charge >= 0.3 is 0 Å². The second-order valence-electron chi connectivity index (χ2n) is 16.6. The van der Waals surface area contributed by atoms with Gasteiger partial charge in [-0.25, -0.2) is 18.1 Å². The molecule has 4 fully saturated rings. The number of nitrogens with one attached hydrogen (secondary N) is 3. The molecule has 3 aromatic carbocycles. The number of fused-ring (bicyclic) bond motifs is 1. The summed E-state index contributed by atoms with van der Waals surface area (Å²) in [6.07, 6.45) is 14.1. The van der Waals surface area contributed by atoms with E-state index in [0.29, 0.717) is 43.2 Å². The second-order valence-corrected chi connectivity index (χ2v) is 18.3. The zero-order valence-electron chi connectivity index (χ0n) is 33.0. The third kappa shape index (κ3) is 8.71. The standard InChI is InChI=1S/C45H50N6O7S/c52-45(49-59(55,56)38-14-16-40(42(26-38)51(53)54)47-27-29-18-22-57-23-19-29)39-15-11-34(25-43(39)58-37-24-35-17-20-46-44(35)48-28-37)32-9-12-36(13-10-32)50-21-1-2-41(50)33-7-5-31(6-8-33)30-3-4-30/h5-8,11,14-17,20,24-26,28-30,32,36,41,47H,1-4,9-10,12-13,18-19,21-23,27H2,(H,46,48)(H,49,52)/t32?,36?,41-/m0/s1. The maximum absolute atomic E-state index is 13.9. The van der Waals surface area contributed by atoms with Crippen molar-refractivity contribution in [3.05, 3.63) is 118 Å². The van der Waals surface area contributed by atoms with Gasteiger partial charge in [0.15, 0.2) is 0 Å². The highest BCUT2D eigenvalue weighted by Gasteiger charge is 2.35. The van der Waals surface area contributed by atoms with Crippen LogP contribution in [0.1, 0.15) is 109 Å². The average molecular weight is 819 g/mol. The Morgan fingerprint density at radius 3 is 2.37 bits per heavy atom. The smallest absolute Gasteiger partial charge is 0.293 e. The molecule has 0 radical (unpaired) electrons. The first kappa shape index (κ1) is 39.2. The van der Waals surface area contributed by atoms with Crippen LogP contribution >= 0.6 is 0 Å². The number of nitro benzene ring substituents is 1. The third-order valence-corrected chi connectivity index (χ3v) is 14.1. The lowest BCUT2D eigenvalue weighted by atomic mass is 9.80. The van der Waals surface area contributed by atoms with Gasteiger partial charge < -0.3 is 19.8 Å². The molecule has 13 nitrogen and oxygen atoms in total. The molecule has 1 atom stereocenters. The number of aromatic amines is 1. The van der Waals surface area contributed by atoms with Gasteiger partial charge in [-0.3, -0.25) is 19.8 Å². The number of carbonyl (C=O) groups excluding carboxylic acids is 1. The van der Waals surface area contributed by atoms with E-state index < -0.39 is 31.4 Å². The summed E-state index contributed by atoms with van der Waals surface area (Å²) in [7, 11) is -4.52. The van der Waals surface area contributed by atoms with Crippen molar-refractivity contribution in [2.75, 3.05) is 31.6 Å². The highest BCUT2D eigenvalue weighted by atomic mass is 32.2. The van der Waals surface area contributed by atoms with Crippen LogP contribution in [0.25, 0.3) is 11.0 Å². The Kier molecular flexibility index (Phi) is 11.1. The molecule has 2 saturated heterocycles. The molecule has 2 aliphatic heterocycles. The number of hydrogen-bond donors (Lipinski definition) is 3. The van der Waals surface area contributed by atoms with Crippen molar-refractivity contribution in [1.82, 2.24) is 19.6 Å². The minimum Gasteiger partial charge on any atom is -0.455 e. The Balaban J connectivity index is 0.921. The van der Waals surface area contributed by atoms with E-state index in [1.165, 1.54) is 48.9 Å². The molecule has 9 rings (SSSR count). The van der Waals surface area contributed by atoms with Crippen LogP contribution in [0.15, 0.2) is 90.1 Å². The normalized spacial score (nSPS) is 21.7. The van der Waals surface area contributed by atoms with Gasteiger partial charge in [0.25, 0.3) is 21.6 Å². The molecule has 14 heteroatoms. The van der Waals surface area contributed by atoms with Crippen molar-refractivity contribution in [1.29, 1.82) is 0 Å². The molecule has 0 bridgehead atoms. The number of H-pyrrole nitrogens is 1. The zero-order valence-corrected chi connectivity index (χ0v) is 33.8. The quantitative estimate of drug-likeness (QED) is 0.0770. The predicted octanol–water partition coefficient (Wildman–Crippen LogP) is 8.96. The molecular formula is C45H50N6O7S. The monoisotopic (exact) mass is 818 g/mol. The number of carbonyl (C=O) groups is 1. The van der Waals surface area contributed by atoms with Gasteiger partial charge in [-0.05, 0) is 142 Å². The van der Waals surface area contributed by atoms with Crippen LogP contribution in [0, 0.1) is 16.0 Å². The topological polar surface area (TPSA) is 169 Å². The summed E-state index contributed by atoms with van der Waals surface area (Å²) in [5.74, 6) is 0.942. The first-order valence-corrected chi connectivity index (χ1v) is 22.4. The first-order valence-electron chi connectivity index (χ1n) is 21.0. The molecule has 2 aliphatic carbocycles. The van der Waals surface area contributed by atoms with E-state index in [2.05, 4.69) is 49.2 Å². The molecule has 1 amide bonds. The maximum atomic E-state index is 13.9. The zero-order chi connectivity index (χ0) is 40.5. The van der Waals surface area contributed by atoms with E-state index >= 15 is 0 Å². The van der Waals surface area contributed by atoms with E-state index in [-0.39, 0.29) is 28.8 Å². The summed E-state index contributed by atoms with van der Waals surface area (Å²) in [5.41, 5.74) is 4.41. The Hall–Kier alpha value is -5.31. The summed E-state index contributed by atoms with van der Waals surface area (Å²) in [4.78, 5) is 35.2. The molecule has 308 valence electrons. The summed E-state index contributed by atoms with van der Waals surface area (Å²) >= 11 is 0. The number of pyridine rings is 1. The molecular weight excluding hydrogens is 769 g/mol. The number of likely N-dealkylation sites (tertiary alicyclic amines) is 1. The van der Waals surface area contributed by atoms with Crippen LogP contribution in [-0.2, 0) is 14.8 Å². The van der Waals surface area contributed by atoms with Crippen molar-refractivity contribution in [2.24, 2.45) is 5.92 Å². The number of ether oxygens (including phenoxy) is 2. The fourth-order valence-corrected chi connectivity index (χ4v) is 10.3. The lowest BCUT2D eigenvalue weighted by molar-refractivity contribution is -0.384. The van der Waals surface area contributed by atoms with Gasteiger partial charge in [0.1, 0.15) is 22.8 Å². The maximum Gasteiger partial charge on any atom is 0.293 e. The van der Waals surface area contributed by atoms with Crippen LogP contribution in [0.5, 0.6) is 11.5 Å². The molecule has 0 spiro atoms. The van der Waals surface area contributed by atoms with Crippen molar-refractivity contribution >= 4 is 38.3 Å². The van der Waals surface area contributed by atoms with E-state index in [0.717, 1.165) is 68.0 Å². The van der Waals surface area contributed by atoms with Gasteiger partial charge in [-0.2, -0.15) is 0 Å². The van der Waals surface area contributed by atoms with Crippen LogP contribution in [0.2, 0.25) is 0 Å². The van der Waals surface area contributed by atoms with Gasteiger partial charge in [0.2, 0.25) is 0 Å². The van der Waals surface area contributed by atoms with E-state index in [9.17, 15) is 23.3 Å². The number of rotatable bonds is 13. The molecule has 59 heavy (non-hydrogen) atoms. The Morgan fingerprint density at radius 2 is 1.61 bits per heavy atom. The van der Waals surface area contributed by atoms with Crippen molar-refractivity contribution in [3.63, 3.8) is 0 Å². The minimum absolute atomic E-state index is 0.0111. The van der Waals surface area contributed by atoms with Gasteiger partial charge in [-0.15, -0.1) is 0 Å². The second kappa shape index (κ2) is 16.7. The number of sulfonamides is 1. The Morgan fingerprint density at radius 1 is 0.881 bits per heavy atom. The number of benzene rings is 3. The van der Waals surface area contributed by atoms with Gasteiger partial charge in [0.05, 0.1) is 21.6 Å². The lowest BCUT2D eigenvalue weighted by Crippen LogP contribution is -2.37. The molecule has 2 aromatic heterocycles. The number of nitrogens with zero attached hydrogens (tertiary/aromatic N) is 3. The number of hydrogen-bond acceptors (Lipinski definition) is 10. The van der Waals surface area contributed by atoms with Gasteiger partial charge in [-0.1, -0.05) is 30.3 Å². The third-order valence-electron chi connectivity index (χ3n) is 12.8. The van der Waals surface area contributed by atoms with Crippen LogP contribution in [-0.4, -0.2) is 66.5 Å². The fraction of sp³-hybridized carbons (Fsp3) is 0.422. The molecule has 5 aromatic rings. The van der Waals surface area contributed by atoms with Crippen LogP contribution in [0.3, 0.4) is 0 Å². The number of amides is 1. The number of nitro groups is 1. The Bertz CT molecular complexity index is 2440. The summed E-state index contributed by atoms with van der Waals surface area (Å²) in [6, 6.07) is 22.9. The van der Waals surface area contributed by atoms with E-state index in [4.69, 9.17) is 9.47 Å². The number of aromatic nitrogens is 2. The fourth-order valence-electron chi connectivity index (χ4n) is 9.32. The lowest BCUT2D eigenvalue weighted by Gasteiger charge is -2.38. The summed E-state index contributed by atoms with van der Waals surface area (Å²) < 4.78 is 41.2. The van der Waals surface area contributed by atoms with Crippen molar-refractivity contribution in [2.45, 2.75) is 93.0 Å². The predicted molar refractivity (Wildman–Crippen MR) is 224 cm³/mol. The summed E-state index contributed by atoms with van der Waals surface area (Å²) in [6.45, 7) is 2.88. The van der Waals surface area contributed by atoms with Crippen molar-refractivity contribution < 1.29 is 27.6 Å². The average Bonchev–Trinajstić information content (AvgIpc) is 3.80. The molecule has 2 saturated carbocycles. The minimum atomic E-state index is -4.52. The van der Waals surface area contributed by atoms with Crippen LogP contribution < -0.4 is 14.8 Å². The number of anilines is 1. The van der Waals surface area contributed by atoms with Crippen LogP contribution in [0.4, 0.5) is 11.4 Å². The highest BCUT2D eigenvalue weighted by Crippen LogP contribution is 2.44. The molecule has 4 aliphatic rings. The largest absolute Gasteiger partial charge is 0.455 e. The highest BCUT2D eigenvalue weighted by molar-refractivity contribution is 7.90. The van der Waals surface area contributed by atoms with Crippen molar-refractivity contribution in [3.8, 4) is 11.5 Å². The SMILES string of the molecule is O=C(NS(=O)(=O)c1ccc(NCC2CCOCC2)c([N+](=O)[O-])c1)c1ccc(C2CCC(N3CCC[C@H]3c3ccc(C4CC4)cc3)CC2)cc1Oc1cnc2[nH]ccc2c1. The Labute approximate surface area is 344 Å². The summed E-state index contributed by atoms with van der Waals surface area (Å²) in [5, 5.41) is 16.0. The molecule has 0 unspecified atom stereocenters. The van der Waals surface area contributed by atoms with E-state index in [1.807, 2.05) is 18.2 Å². The molecule has 3 N–H and O–H groups in total. The van der Waals surface area contributed by atoms with Gasteiger partial charge in [0, 0.05) is 49.5 Å². The molecule has 4 heterocycles.